The van der Waals surface area contributed by atoms with Gasteiger partial charge in [0, 0.05) is 6.20 Å². The molecule has 108 valence electrons. The predicted octanol–water partition coefficient (Wildman–Crippen LogP) is 0.896. The molecule has 0 fully saturated rings. The van der Waals surface area contributed by atoms with E-state index in [2.05, 4.69) is 36.1 Å². The SMILES string of the molecule is N#CC(=CNc1cc(-n2cnnc2)ccc1F)c1nn[nH]n1. The molecule has 2 heterocycles. The predicted molar refractivity (Wildman–Crippen MR) is 72.7 cm³/mol. The van der Waals surface area contributed by atoms with Crippen molar-refractivity contribution in [1.29, 1.82) is 5.26 Å². The highest BCUT2D eigenvalue weighted by Gasteiger charge is 2.08. The smallest absolute Gasteiger partial charge is 0.216 e. The minimum absolute atomic E-state index is 0.114. The highest BCUT2D eigenvalue weighted by Crippen LogP contribution is 2.19. The summed E-state index contributed by atoms with van der Waals surface area (Å²) < 4.78 is 15.5. The van der Waals surface area contributed by atoms with Gasteiger partial charge in [0.05, 0.1) is 11.4 Å². The van der Waals surface area contributed by atoms with Gasteiger partial charge in [-0.05, 0) is 23.4 Å². The van der Waals surface area contributed by atoms with Gasteiger partial charge in [0.15, 0.2) is 0 Å². The Morgan fingerprint density at radius 1 is 1.36 bits per heavy atom. The Hall–Kier alpha value is -3.61. The van der Waals surface area contributed by atoms with Crippen molar-refractivity contribution in [1.82, 2.24) is 35.4 Å². The number of H-pyrrole nitrogens is 1. The molecule has 0 aliphatic rings. The van der Waals surface area contributed by atoms with E-state index in [1.165, 1.54) is 24.9 Å². The van der Waals surface area contributed by atoms with Crippen LogP contribution in [0.2, 0.25) is 0 Å². The van der Waals surface area contributed by atoms with Crippen LogP contribution >= 0.6 is 0 Å². The van der Waals surface area contributed by atoms with E-state index in [0.717, 1.165) is 0 Å². The highest BCUT2D eigenvalue weighted by molar-refractivity contribution is 5.74. The molecule has 10 heteroatoms. The number of nitrogens with zero attached hydrogens (tertiary/aromatic N) is 7. The molecule has 2 N–H and O–H groups in total. The molecule has 0 aliphatic carbocycles. The zero-order valence-corrected chi connectivity index (χ0v) is 11.0. The van der Waals surface area contributed by atoms with E-state index in [-0.39, 0.29) is 17.1 Å². The van der Waals surface area contributed by atoms with Crippen molar-refractivity contribution in [3.63, 3.8) is 0 Å². The lowest BCUT2D eigenvalue weighted by Crippen LogP contribution is -1.98. The average molecular weight is 297 g/mol. The van der Waals surface area contributed by atoms with Crippen molar-refractivity contribution in [2.75, 3.05) is 5.32 Å². The number of rotatable bonds is 4. The lowest BCUT2D eigenvalue weighted by Gasteiger charge is -2.07. The standard InChI is InChI=1S/C12H8FN9/c13-10-2-1-9(22-6-16-17-7-22)3-11(10)15-5-8(4-14)12-18-20-21-19-12/h1-3,5-7,15H,(H,18,19,20,21). The maximum atomic E-state index is 13.8. The molecule has 0 radical (unpaired) electrons. The fourth-order valence-corrected chi connectivity index (χ4v) is 1.69. The molecular formula is C12H8FN9. The number of benzene rings is 1. The summed E-state index contributed by atoms with van der Waals surface area (Å²) in [5.74, 6) is -0.358. The number of anilines is 1. The van der Waals surface area contributed by atoms with Crippen LogP contribution in [0.25, 0.3) is 11.3 Å². The number of halogens is 1. The zero-order chi connectivity index (χ0) is 15.4. The van der Waals surface area contributed by atoms with Crippen molar-refractivity contribution >= 4 is 11.3 Å². The number of allylic oxidation sites excluding steroid dienone is 1. The zero-order valence-electron chi connectivity index (χ0n) is 11.0. The second-order valence-electron chi connectivity index (χ2n) is 4.08. The molecule has 0 saturated carbocycles. The minimum Gasteiger partial charge on any atom is -0.358 e. The molecule has 22 heavy (non-hydrogen) atoms. The topological polar surface area (TPSA) is 121 Å². The number of nitriles is 1. The Kier molecular flexibility index (Phi) is 3.52. The fraction of sp³-hybridized carbons (Fsp3) is 0. The Bertz CT molecular complexity index is 830. The maximum absolute atomic E-state index is 13.8. The van der Waals surface area contributed by atoms with E-state index >= 15 is 0 Å². The monoisotopic (exact) mass is 297 g/mol. The lowest BCUT2D eigenvalue weighted by atomic mass is 10.2. The Labute approximate surface area is 123 Å². The van der Waals surface area contributed by atoms with Crippen LogP contribution < -0.4 is 5.32 Å². The van der Waals surface area contributed by atoms with Crippen LogP contribution in [0.1, 0.15) is 5.82 Å². The van der Waals surface area contributed by atoms with Crippen molar-refractivity contribution in [2.24, 2.45) is 0 Å². The number of hydrogen-bond acceptors (Lipinski definition) is 7. The summed E-state index contributed by atoms with van der Waals surface area (Å²) in [6.07, 6.45) is 4.29. The molecule has 0 spiro atoms. The average Bonchev–Trinajstić information content (AvgIpc) is 3.23. The van der Waals surface area contributed by atoms with E-state index in [1.54, 1.807) is 16.7 Å². The number of aromatic amines is 1. The minimum atomic E-state index is -0.474. The molecule has 0 aliphatic heterocycles. The third-order valence-electron chi connectivity index (χ3n) is 2.75. The summed E-state index contributed by atoms with van der Waals surface area (Å²) in [4.78, 5) is 0. The first-order chi connectivity index (χ1) is 10.8. The molecule has 0 unspecified atom stereocenters. The van der Waals surface area contributed by atoms with Gasteiger partial charge in [-0.25, -0.2) is 4.39 Å². The first kappa shape index (κ1) is 13.4. The van der Waals surface area contributed by atoms with Crippen molar-refractivity contribution in [3.05, 3.63) is 48.7 Å². The Morgan fingerprint density at radius 2 is 2.18 bits per heavy atom. The Balaban J connectivity index is 1.89. The van der Waals surface area contributed by atoms with Gasteiger partial charge in [0.2, 0.25) is 5.82 Å². The van der Waals surface area contributed by atoms with Crippen LogP contribution in [0.3, 0.4) is 0 Å². The van der Waals surface area contributed by atoms with Crippen molar-refractivity contribution in [2.45, 2.75) is 0 Å². The molecular weight excluding hydrogens is 289 g/mol. The van der Waals surface area contributed by atoms with E-state index < -0.39 is 5.82 Å². The van der Waals surface area contributed by atoms with Gasteiger partial charge >= 0.3 is 0 Å². The third-order valence-corrected chi connectivity index (χ3v) is 2.75. The summed E-state index contributed by atoms with van der Waals surface area (Å²) >= 11 is 0. The largest absolute Gasteiger partial charge is 0.358 e. The molecule has 9 nitrogen and oxygen atoms in total. The first-order valence-corrected chi connectivity index (χ1v) is 6.03. The van der Waals surface area contributed by atoms with E-state index in [4.69, 9.17) is 5.26 Å². The number of nitrogens with one attached hydrogen (secondary N) is 2. The fourth-order valence-electron chi connectivity index (χ4n) is 1.69. The van der Waals surface area contributed by atoms with E-state index in [1.807, 2.05) is 6.07 Å². The normalized spacial score (nSPS) is 11.2. The van der Waals surface area contributed by atoms with Crippen LogP contribution in [0, 0.1) is 17.1 Å². The van der Waals surface area contributed by atoms with Crippen LogP contribution in [-0.4, -0.2) is 35.4 Å². The van der Waals surface area contributed by atoms with Crippen LogP contribution in [0.5, 0.6) is 0 Å². The molecule has 0 bridgehead atoms. The maximum Gasteiger partial charge on any atom is 0.216 e. The van der Waals surface area contributed by atoms with Gasteiger partial charge in [-0.1, -0.05) is 0 Å². The summed E-state index contributed by atoms with van der Waals surface area (Å²) in [5, 5.41) is 32.1. The number of hydrogen-bond donors (Lipinski definition) is 2. The number of aromatic nitrogens is 7. The third kappa shape index (κ3) is 2.63. The molecule has 1 aromatic carbocycles. The molecule has 0 amide bonds. The molecule has 3 aromatic rings. The summed E-state index contributed by atoms with van der Waals surface area (Å²) in [5.41, 5.74) is 0.964. The molecule has 2 aromatic heterocycles. The molecule has 0 atom stereocenters. The second-order valence-corrected chi connectivity index (χ2v) is 4.08. The van der Waals surface area contributed by atoms with Gasteiger partial charge in [-0.2, -0.15) is 10.5 Å². The first-order valence-electron chi connectivity index (χ1n) is 6.03. The number of tetrazole rings is 1. The van der Waals surface area contributed by atoms with Crippen LogP contribution in [0.15, 0.2) is 37.1 Å². The van der Waals surface area contributed by atoms with Crippen LogP contribution in [0.4, 0.5) is 10.1 Å². The van der Waals surface area contributed by atoms with Crippen molar-refractivity contribution < 1.29 is 4.39 Å². The second kappa shape index (κ2) is 5.80. The van der Waals surface area contributed by atoms with Gasteiger partial charge in [-0.3, -0.25) is 4.57 Å². The lowest BCUT2D eigenvalue weighted by molar-refractivity contribution is 0.631. The summed E-state index contributed by atoms with van der Waals surface area (Å²) in [6, 6.07) is 6.34. The van der Waals surface area contributed by atoms with Gasteiger partial charge in [0.25, 0.3) is 0 Å². The van der Waals surface area contributed by atoms with Gasteiger partial charge < -0.3 is 5.32 Å². The quantitative estimate of drug-likeness (QED) is 0.686. The summed E-state index contributed by atoms with van der Waals surface area (Å²) in [7, 11) is 0. The van der Waals surface area contributed by atoms with E-state index in [9.17, 15) is 4.39 Å². The van der Waals surface area contributed by atoms with Crippen molar-refractivity contribution in [3.8, 4) is 11.8 Å². The van der Waals surface area contributed by atoms with Crippen LogP contribution in [-0.2, 0) is 0 Å². The van der Waals surface area contributed by atoms with E-state index in [0.29, 0.717) is 5.69 Å². The van der Waals surface area contributed by atoms with Gasteiger partial charge in [-0.15, -0.1) is 20.4 Å². The molecule has 3 rings (SSSR count). The summed E-state index contributed by atoms with van der Waals surface area (Å²) in [6.45, 7) is 0. The molecule has 0 saturated heterocycles. The Morgan fingerprint density at radius 3 is 2.86 bits per heavy atom. The van der Waals surface area contributed by atoms with Gasteiger partial charge in [0.1, 0.15) is 30.1 Å². The highest BCUT2D eigenvalue weighted by atomic mass is 19.1.